The first-order valence-electron chi connectivity index (χ1n) is 9.73. The second kappa shape index (κ2) is 11.1. The number of hydrogen-bond donors (Lipinski definition) is 2. The molecule has 0 aromatic rings. The monoisotopic (exact) mass is 362 g/mol. The topological polar surface area (TPSA) is 74.6 Å². The van der Waals surface area contributed by atoms with Crippen LogP contribution in [0.5, 0.6) is 0 Å². The molecule has 4 nitrogen and oxygen atoms in total. The Balaban J connectivity index is 2.54. The number of carboxylic acids is 1. The Kier molecular flexibility index (Phi) is 9.57. The summed E-state index contributed by atoms with van der Waals surface area (Å²) in [5.41, 5.74) is -0.168. The Morgan fingerprint density at radius 1 is 1.31 bits per heavy atom. The quantitative estimate of drug-likeness (QED) is 0.390. The zero-order chi connectivity index (χ0) is 19.6. The molecule has 3 atom stereocenters. The Morgan fingerprint density at radius 2 is 2.04 bits per heavy atom. The van der Waals surface area contributed by atoms with E-state index < -0.39 is 12.1 Å². The van der Waals surface area contributed by atoms with Gasteiger partial charge in [0.2, 0.25) is 0 Å². The van der Waals surface area contributed by atoms with Gasteiger partial charge in [0.05, 0.1) is 6.10 Å². The van der Waals surface area contributed by atoms with Crippen LogP contribution < -0.4 is 0 Å². The highest BCUT2D eigenvalue weighted by atomic mass is 16.4. The van der Waals surface area contributed by atoms with E-state index in [0.29, 0.717) is 19.3 Å². The molecule has 0 amide bonds. The summed E-state index contributed by atoms with van der Waals surface area (Å²) in [6.45, 7) is 6.29. The van der Waals surface area contributed by atoms with Gasteiger partial charge in [-0.15, -0.1) is 0 Å². The van der Waals surface area contributed by atoms with Crippen LogP contribution in [0, 0.1) is 17.3 Å². The maximum absolute atomic E-state index is 12.1. The molecule has 0 saturated carbocycles. The Labute approximate surface area is 157 Å². The lowest BCUT2D eigenvalue weighted by Crippen LogP contribution is -2.27. The molecule has 2 N–H and O–H groups in total. The third kappa shape index (κ3) is 7.69. The summed E-state index contributed by atoms with van der Waals surface area (Å²) in [5.74, 6) is -0.760. The van der Waals surface area contributed by atoms with E-state index in [1.54, 1.807) is 6.08 Å². The van der Waals surface area contributed by atoms with Gasteiger partial charge in [-0.1, -0.05) is 64.0 Å². The molecule has 4 heteroatoms. The van der Waals surface area contributed by atoms with Crippen molar-refractivity contribution in [3.8, 4) is 0 Å². The van der Waals surface area contributed by atoms with Crippen molar-refractivity contribution in [1.82, 2.24) is 0 Å². The lowest BCUT2D eigenvalue weighted by atomic mass is 9.80. The Morgan fingerprint density at radius 3 is 2.69 bits per heavy atom. The molecule has 26 heavy (non-hydrogen) atoms. The molecule has 0 saturated heterocycles. The van der Waals surface area contributed by atoms with Gasteiger partial charge in [-0.05, 0) is 37.2 Å². The summed E-state index contributed by atoms with van der Waals surface area (Å²) >= 11 is 0. The molecule has 1 rings (SSSR count). The number of carboxylic acid groups (broad SMARTS) is 1. The van der Waals surface area contributed by atoms with Crippen molar-refractivity contribution in [2.45, 2.75) is 71.8 Å². The van der Waals surface area contributed by atoms with Crippen molar-refractivity contribution in [3.63, 3.8) is 0 Å². The largest absolute Gasteiger partial charge is 0.481 e. The van der Waals surface area contributed by atoms with E-state index in [4.69, 9.17) is 5.11 Å². The fraction of sp³-hybridized carbons (Fsp3) is 0.636. The standard InChI is InChI=1S/C22H34O4/c1-4-5-16-22(2,3)20(24)15-13-17-12-14-19(23)18(17)10-8-6-7-9-11-21(25)26/h6,8,12-15,17-18,20,24H,4-5,7,9-11,16H2,1-3H3,(H,25,26)/b8-6+,15-13-/t17-,18+,20+/m0/s1. The third-order valence-corrected chi connectivity index (χ3v) is 5.12. The highest BCUT2D eigenvalue weighted by Gasteiger charge is 2.29. The van der Waals surface area contributed by atoms with E-state index in [-0.39, 0.29) is 29.5 Å². The zero-order valence-electron chi connectivity index (χ0n) is 16.4. The minimum absolute atomic E-state index is 0.0165. The maximum Gasteiger partial charge on any atom is 0.303 e. The Hall–Kier alpha value is -1.68. The van der Waals surface area contributed by atoms with Crippen molar-refractivity contribution in [2.24, 2.45) is 17.3 Å². The highest BCUT2D eigenvalue weighted by molar-refractivity contribution is 5.95. The molecule has 0 heterocycles. The first-order chi connectivity index (χ1) is 12.3. The molecule has 0 spiro atoms. The predicted octanol–water partition coefficient (Wildman–Crippen LogP) is 4.69. The van der Waals surface area contributed by atoms with Crippen LogP contribution in [0.2, 0.25) is 0 Å². The van der Waals surface area contributed by atoms with Crippen molar-refractivity contribution in [1.29, 1.82) is 0 Å². The van der Waals surface area contributed by atoms with Gasteiger partial charge in [0.1, 0.15) is 0 Å². The van der Waals surface area contributed by atoms with Gasteiger partial charge >= 0.3 is 5.97 Å². The second-order valence-electron chi connectivity index (χ2n) is 7.86. The molecule has 0 fully saturated rings. The van der Waals surface area contributed by atoms with Crippen LogP contribution in [-0.2, 0) is 9.59 Å². The van der Waals surface area contributed by atoms with E-state index in [9.17, 15) is 14.7 Å². The van der Waals surface area contributed by atoms with E-state index in [1.807, 2.05) is 30.4 Å². The van der Waals surface area contributed by atoms with Crippen LogP contribution in [-0.4, -0.2) is 28.1 Å². The fourth-order valence-corrected chi connectivity index (χ4v) is 3.13. The smallest absolute Gasteiger partial charge is 0.303 e. The van der Waals surface area contributed by atoms with Crippen LogP contribution in [0.15, 0.2) is 36.5 Å². The van der Waals surface area contributed by atoms with Gasteiger partial charge in [-0.3, -0.25) is 9.59 Å². The number of hydrogen-bond acceptors (Lipinski definition) is 3. The summed E-state index contributed by atoms with van der Waals surface area (Å²) < 4.78 is 0. The molecule has 0 radical (unpaired) electrons. The first-order valence-corrected chi connectivity index (χ1v) is 9.73. The lowest BCUT2D eigenvalue weighted by Gasteiger charge is -2.28. The van der Waals surface area contributed by atoms with E-state index >= 15 is 0 Å². The summed E-state index contributed by atoms with van der Waals surface area (Å²) in [6, 6.07) is 0. The molecule has 1 aliphatic rings. The summed E-state index contributed by atoms with van der Waals surface area (Å²) in [5, 5.41) is 19.1. The third-order valence-electron chi connectivity index (χ3n) is 5.12. The normalized spacial score (nSPS) is 21.9. The molecule has 0 aliphatic heterocycles. The number of aliphatic hydroxyl groups is 1. The number of aliphatic hydroxyl groups excluding tert-OH is 1. The number of unbranched alkanes of at least 4 members (excludes halogenated alkanes) is 2. The van der Waals surface area contributed by atoms with Crippen LogP contribution in [0.25, 0.3) is 0 Å². The molecule has 0 unspecified atom stereocenters. The van der Waals surface area contributed by atoms with Crippen molar-refractivity contribution in [2.75, 3.05) is 0 Å². The maximum atomic E-state index is 12.1. The summed E-state index contributed by atoms with van der Waals surface area (Å²) in [4.78, 5) is 22.6. The number of aliphatic carboxylic acids is 1. The van der Waals surface area contributed by atoms with Crippen LogP contribution in [0.3, 0.4) is 0 Å². The summed E-state index contributed by atoms with van der Waals surface area (Å²) in [6.07, 6.45) is 16.1. The number of allylic oxidation sites excluding steroid dienone is 5. The highest BCUT2D eigenvalue weighted by Crippen LogP contribution is 2.31. The minimum Gasteiger partial charge on any atom is -0.481 e. The molecule has 146 valence electrons. The molecule has 1 aliphatic carbocycles. The summed E-state index contributed by atoms with van der Waals surface area (Å²) in [7, 11) is 0. The van der Waals surface area contributed by atoms with Gasteiger partial charge < -0.3 is 10.2 Å². The van der Waals surface area contributed by atoms with Crippen LogP contribution in [0.1, 0.15) is 65.7 Å². The zero-order valence-corrected chi connectivity index (χ0v) is 16.4. The van der Waals surface area contributed by atoms with Crippen molar-refractivity contribution >= 4 is 11.8 Å². The van der Waals surface area contributed by atoms with Gasteiger partial charge in [-0.2, -0.15) is 0 Å². The predicted molar refractivity (Wildman–Crippen MR) is 105 cm³/mol. The number of ketones is 1. The van der Waals surface area contributed by atoms with Gasteiger partial charge in [-0.25, -0.2) is 0 Å². The van der Waals surface area contributed by atoms with E-state index in [2.05, 4.69) is 20.8 Å². The van der Waals surface area contributed by atoms with Crippen molar-refractivity contribution < 1.29 is 19.8 Å². The average molecular weight is 363 g/mol. The Bertz CT molecular complexity index is 542. The average Bonchev–Trinajstić information content (AvgIpc) is 2.93. The second-order valence-corrected chi connectivity index (χ2v) is 7.86. The molecular weight excluding hydrogens is 328 g/mol. The number of carbonyl (C=O) groups excluding carboxylic acids is 1. The van der Waals surface area contributed by atoms with Gasteiger partial charge in [0, 0.05) is 18.3 Å². The van der Waals surface area contributed by atoms with Crippen LogP contribution in [0.4, 0.5) is 0 Å². The molecule has 0 aromatic heterocycles. The number of rotatable bonds is 12. The van der Waals surface area contributed by atoms with Crippen molar-refractivity contribution in [3.05, 3.63) is 36.5 Å². The first kappa shape index (κ1) is 22.4. The van der Waals surface area contributed by atoms with E-state index in [1.165, 1.54) is 0 Å². The fourth-order valence-electron chi connectivity index (χ4n) is 3.13. The molecular formula is C22H34O4. The van der Waals surface area contributed by atoms with Gasteiger partial charge in [0.25, 0.3) is 0 Å². The van der Waals surface area contributed by atoms with Gasteiger partial charge in [0.15, 0.2) is 5.78 Å². The number of carbonyl (C=O) groups is 2. The molecule has 0 bridgehead atoms. The van der Waals surface area contributed by atoms with E-state index in [0.717, 1.165) is 19.3 Å². The lowest BCUT2D eigenvalue weighted by molar-refractivity contribution is -0.137. The van der Waals surface area contributed by atoms with Crippen LogP contribution >= 0.6 is 0 Å². The minimum atomic E-state index is -0.779. The molecule has 0 aromatic carbocycles. The SMILES string of the molecule is CCCCC(C)(C)[C@H](O)/C=C\[C@@H]1C=CC(=O)[C@@H]1C/C=C/CCCC(=O)O.